The number of nitrogens with one attached hydrogen (secondary N) is 2. The molecule has 0 aliphatic carbocycles. The molecule has 0 bridgehead atoms. The molecular weight excluding hydrogens is 416 g/mol. The smallest absolute Gasteiger partial charge is 0.255 e. The van der Waals surface area contributed by atoms with E-state index < -0.39 is 15.9 Å². The van der Waals surface area contributed by atoms with Crippen LogP contribution in [0.5, 0.6) is 11.5 Å². The molecule has 8 heteroatoms. The molecule has 0 aromatic heterocycles. The second-order valence-electron chi connectivity index (χ2n) is 6.62. The van der Waals surface area contributed by atoms with Crippen molar-refractivity contribution in [2.45, 2.75) is 18.4 Å². The number of carbonyl (C=O) groups excluding carboxylic acids is 1. The minimum Gasteiger partial charge on any atom is -0.495 e. The predicted molar refractivity (Wildman–Crippen MR) is 119 cm³/mol. The van der Waals surface area contributed by atoms with Crippen molar-refractivity contribution in [3.8, 4) is 11.5 Å². The number of sulfonamides is 1. The maximum atomic E-state index is 12.6. The SMILES string of the molecule is CCNS(=O)(=O)c1cc(C(=O)Nc2ccc(OCc3ccccc3)cc2)ccc1OC. The van der Waals surface area contributed by atoms with E-state index in [4.69, 9.17) is 9.47 Å². The van der Waals surface area contributed by atoms with Crippen LogP contribution in [0.25, 0.3) is 0 Å². The minimum absolute atomic E-state index is 0.0887. The minimum atomic E-state index is -3.79. The quantitative estimate of drug-likeness (QED) is 0.528. The van der Waals surface area contributed by atoms with Crippen LogP contribution < -0.4 is 19.5 Å². The van der Waals surface area contributed by atoms with E-state index in [-0.39, 0.29) is 22.8 Å². The normalized spacial score (nSPS) is 11.0. The van der Waals surface area contributed by atoms with E-state index in [1.165, 1.54) is 25.3 Å². The molecular formula is C23H24N2O5S. The van der Waals surface area contributed by atoms with Crippen LogP contribution in [0.3, 0.4) is 0 Å². The second kappa shape index (κ2) is 10.1. The Morgan fingerprint density at radius 2 is 1.68 bits per heavy atom. The van der Waals surface area contributed by atoms with Gasteiger partial charge in [0.15, 0.2) is 0 Å². The lowest BCUT2D eigenvalue weighted by molar-refractivity contribution is 0.102. The van der Waals surface area contributed by atoms with E-state index in [2.05, 4.69) is 10.0 Å². The number of benzene rings is 3. The predicted octanol–water partition coefficient (Wildman–Crippen LogP) is 3.82. The molecule has 0 spiro atoms. The molecule has 0 radical (unpaired) electrons. The molecule has 0 heterocycles. The van der Waals surface area contributed by atoms with Crippen molar-refractivity contribution in [1.29, 1.82) is 0 Å². The first kappa shape index (κ1) is 22.3. The van der Waals surface area contributed by atoms with Gasteiger partial charge < -0.3 is 14.8 Å². The first-order valence-electron chi connectivity index (χ1n) is 9.69. The van der Waals surface area contributed by atoms with Crippen molar-refractivity contribution in [1.82, 2.24) is 4.72 Å². The van der Waals surface area contributed by atoms with Gasteiger partial charge in [-0.1, -0.05) is 37.3 Å². The average Bonchev–Trinajstić information content (AvgIpc) is 2.79. The zero-order valence-corrected chi connectivity index (χ0v) is 18.1. The zero-order valence-electron chi connectivity index (χ0n) is 17.3. The molecule has 7 nitrogen and oxygen atoms in total. The van der Waals surface area contributed by atoms with Crippen LogP contribution in [0.1, 0.15) is 22.8 Å². The Bertz CT molecular complexity index is 1130. The maximum Gasteiger partial charge on any atom is 0.255 e. The fourth-order valence-corrected chi connectivity index (χ4v) is 4.11. The summed E-state index contributed by atoms with van der Waals surface area (Å²) >= 11 is 0. The number of amides is 1. The van der Waals surface area contributed by atoms with Crippen molar-refractivity contribution >= 4 is 21.6 Å². The molecule has 0 saturated carbocycles. The molecule has 162 valence electrons. The Kier molecular flexibility index (Phi) is 7.28. The Hall–Kier alpha value is -3.36. The molecule has 1 amide bonds. The van der Waals surface area contributed by atoms with E-state index in [1.807, 2.05) is 30.3 Å². The highest BCUT2D eigenvalue weighted by Gasteiger charge is 2.21. The van der Waals surface area contributed by atoms with Crippen molar-refractivity contribution in [2.75, 3.05) is 19.0 Å². The van der Waals surface area contributed by atoms with Gasteiger partial charge in [0, 0.05) is 17.8 Å². The molecule has 3 aromatic carbocycles. The van der Waals surface area contributed by atoms with Gasteiger partial charge in [0.2, 0.25) is 10.0 Å². The van der Waals surface area contributed by atoms with Crippen molar-refractivity contribution < 1.29 is 22.7 Å². The van der Waals surface area contributed by atoms with Crippen LogP contribution in [0.15, 0.2) is 77.7 Å². The lowest BCUT2D eigenvalue weighted by Crippen LogP contribution is -2.24. The molecule has 0 saturated heterocycles. The summed E-state index contributed by atoms with van der Waals surface area (Å²) in [6.45, 7) is 2.34. The molecule has 3 rings (SSSR count). The first-order chi connectivity index (χ1) is 14.9. The number of anilines is 1. The number of hydrogen-bond acceptors (Lipinski definition) is 5. The molecule has 0 fully saturated rings. The molecule has 0 aliphatic heterocycles. The van der Waals surface area contributed by atoms with E-state index >= 15 is 0 Å². The van der Waals surface area contributed by atoms with Crippen LogP contribution in [-0.4, -0.2) is 28.0 Å². The molecule has 0 unspecified atom stereocenters. The van der Waals surface area contributed by atoms with Gasteiger partial charge in [0.1, 0.15) is 23.0 Å². The molecule has 2 N–H and O–H groups in total. The summed E-state index contributed by atoms with van der Waals surface area (Å²) in [6.07, 6.45) is 0. The van der Waals surface area contributed by atoms with Gasteiger partial charge in [-0.2, -0.15) is 0 Å². The van der Waals surface area contributed by atoms with Crippen LogP contribution in [0.2, 0.25) is 0 Å². The third-order valence-electron chi connectivity index (χ3n) is 4.41. The number of carbonyl (C=O) groups is 1. The Morgan fingerprint density at radius 3 is 2.32 bits per heavy atom. The lowest BCUT2D eigenvalue weighted by Gasteiger charge is -2.12. The van der Waals surface area contributed by atoms with Crippen molar-refractivity contribution in [3.05, 3.63) is 83.9 Å². The number of methoxy groups -OCH3 is 1. The number of rotatable bonds is 9. The van der Waals surface area contributed by atoms with Crippen LogP contribution in [0, 0.1) is 0 Å². The summed E-state index contributed by atoms with van der Waals surface area (Å²) in [5.74, 6) is 0.399. The summed E-state index contributed by atoms with van der Waals surface area (Å²) in [6, 6.07) is 21.0. The number of ether oxygens (including phenoxy) is 2. The molecule has 3 aromatic rings. The van der Waals surface area contributed by atoms with Gasteiger partial charge in [-0.25, -0.2) is 13.1 Å². The van der Waals surface area contributed by atoms with Gasteiger partial charge >= 0.3 is 0 Å². The van der Waals surface area contributed by atoms with E-state index in [0.29, 0.717) is 18.0 Å². The topological polar surface area (TPSA) is 93.7 Å². The highest BCUT2D eigenvalue weighted by Crippen LogP contribution is 2.25. The maximum absolute atomic E-state index is 12.6. The van der Waals surface area contributed by atoms with Crippen molar-refractivity contribution in [2.24, 2.45) is 0 Å². The molecule has 0 aliphatic rings. The monoisotopic (exact) mass is 440 g/mol. The lowest BCUT2D eigenvalue weighted by atomic mass is 10.2. The Morgan fingerprint density at radius 1 is 0.968 bits per heavy atom. The average molecular weight is 441 g/mol. The fraction of sp³-hybridized carbons (Fsp3) is 0.174. The molecule has 31 heavy (non-hydrogen) atoms. The fourth-order valence-electron chi connectivity index (χ4n) is 2.87. The van der Waals surface area contributed by atoms with E-state index in [1.54, 1.807) is 31.2 Å². The standard InChI is InChI=1S/C23H24N2O5S/c1-3-24-31(27,28)22-15-18(9-14-21(22)29-2)23(26)25-19-10-12-20(13-11-19)30-16-17-7-5-4-6-8-17/h4-15,24H,3,16H2,1-2H3,(H,25,26). The van der Waals surface area contributed by atoms with Crippen LogP contribution >= 0.6 is 0 Å². The van der Waals surface area contributed by atoms with Crippen molar-refractivity contribution in [3.63, 3.8) is 0 Å². The van der Waals surface area contributed by atoms with E-state index in [9.17, 15) is 13.2 Å². The summed E-state index contributed by atoms with van der Waals surface area (Å²) in [5, 5.41) is 2.76. The number of hydrogen-bond donors (Lipinski definition) is 2. The third kappa shape index (κ3) is 5.84. The van der Waals surface area contributed by atoms with Gasteiger partial charge in [0.05, 0.1) is 7.11 Å². The summed E-state index contributed by atoms with van der Waals surface area (Å²) in [5.41, 5.74) is 1.81. The molecule has 0 atom stereocenters. The van der Waals surface area contributed by atoms with E-state index in [0.717, 1.165) is 5.56 Å². The Balaban J connectivity index is 1.69. The third-order valence-corrected chi connectivity index (χ3v) is 5.98. The van der Waals surface area contributed by atoms with Gasteiger partial charge in [-0.05, 0) is 48.0 Å². The zero-order chi connectivity index (χ0) is 22.3. The van der Waals surface area contributed by atoms with Gasteiger partial charge in [-0.15, -0.1) is 0 Å². The van der Waals surface area contributed by atoms with Crippen LogP contribution in [0.4, 0.5) is 5.69 Å². The highest BCUT2D eigenvalue weighted by molar-refractivity contribution is 7.89. The first-order valence-corrected chi connectivity index (χ1v) is 11.2. The second-order valence-corrected chi connectivity index (χ2v) is 8.36. The Labute approximate surface area is 182 Å². The van der Waals surface area contributed by atoms with Gasteiger partial charge in [0.25, 0.3) is 5.91 Å². The van der Waals surface area contributed by atoms with Gasteiger partial charge in [-0.3, -0.25) is 4.79 Å². The highest BCUT2D eigenvalue weighted by atomic mass is 32.2. The summed E-state index contributed by atoms with van der Waals surface area (Å²) in [4.78, 5) is 12.6. The van der Waals surface area contributed by atoms with Crippen LogP contribution in [-0.2, 0) is 16.6 Å². The summed E-state index contributed by atoms with van der Waals surface area (Å²) in [7, 11) is -2.41. The summed E-state index contributed by atoms with van der Waals surface area (Å²) < 4.78 is 38.1. The largest absolute Gasteiger partial charge is 0.495 e.